The lowest BCUT2D eigenvalue weighted by atomic mass is 9.68. The lowest BCUT2D eigenvalue weighted by molar-refractivity contribution is -0.0270. The van der Waals surface area contributed by atoms with Gasteiger partial charge in [0.25, 0.3) is 0 Å². The Morgan fingerprint density at radius 1 is 0.619 bits per heavy atom. The van der Waals surface area contributed by atoms with E-state index in [2.05, 4.69) is 4.90 Å². The molecule has 4 fully saturated rings. The predicted octanol–water partition coefficient (Wildman–Crippen LogP) is 5.25. The van der Waals surface area contributed by atoms with Gasteiger partial charge >= 0.3 is 0 Å². The fraction of sp³-hybridized carbons (Fsp3) is 1.00. The van der Waals surface area contributed by atoms with Crippen LogP contribution in [-0.2, 0) is 0 Å². The Balaban J connectivity index is 1.61. The van der Waals surface area contributed by atoms with Gasteiger partial charge in [-0.25, -0.2) is 0 Å². The first-order valence-corrected chi connectivity index (χ1v) is 10.2. The molecule has 0 amide bonds. The summed E-state index contributed by atoms with van der Waals surface area (Å²) >= 11 is 0. The highest BCUT2D eigenvalue weighted by molar-refractivity contribution is 4.98. The minimum atomic E-state index is 0.993. The van der Waals surface area contributed by atoms with E-state index in [1.54, 1.807) is 38.5 Å². The molecule has 4 bridgehead atoms. The first kappa shape index (κ1) is 14.5. The number of fused-ring (bicyclic) bond motifs is 2. The van der Waals surface area contributed by atoms with Crippen LogP contribution in [0.1, 0.15) is 83.5 Å². The Bertz CT molecular complexity index is 339. The molecule has 0 N–H and O–H groups in total. The van der Waals surface area contributed by atoms with Gasteiger partial charge in [-0.2, -0.15) is 0 Å². The maximum absolute atomic E-state index is 2.99. The Kier molecular flexibility index (Phi) is 4.57. The SMILES string of the molecule is C1CCCC2CCC[C@H](CCC1)C1C2CC2CCCN1C2. The van der Waals surface area contributed by atoms with Crippen molar-refractivity contribution in [2.45, 2.75) is 89.5 Å². The van der Waals surface area contributed by atoms with Crippen molar-refractivity contribution in [2.75, 3.05) is 13.1 Å². The van der Waals surface area contributed by atoms with Gasteiger partial charge in [0.1, 0.15) is 0 Å². The normalized spacial score (nSPS) is 48.0. The molecule has 5 unspecified atom stereocenters. The summed E-state index contributed by atoms with van der Waals surface area (Å²) in [5.74, 6) is 4.28. The van der Waals surface area contributed by atoms with Crippen LogP contribution in [0, 0.1) is 23.7 Å². The van der Waals surface area contributed by atoms with Gasteiger partial charge in [0.05, 0.1) is 0 Å². The van der Waals surface area contributed by atoms with Gasteiger partial charge in [0.2, 0.25) is 0 Å². The van der Waals surface area contributed by atoms with Crippen LogP contribution < -0.4 is 0 Å². The van der Waals surface area contributed by atoms with Crippen molar-refractivity contribution < 1.29 is 0 Å². The van der Waals surface area contributed by atoms with Gasteiger partial charge in [-0.15, -0.1) is 0 Å². The van der Waals surface area contributed by atoms with Crippen molar-refractivity contribution in [3.8, 4) is 0 Å². The Morgan fingerprint density at radius 3 is 2.24 bits per heavy atom. The molecular weight excluding hydrogens is 254 g/mol. The smallest absolute Gasteiger partial charge is 0.0155 e. The molecule has 2 aliphatic heterocycles. The van der Waals surface area contributed by atoms with Gasteiger partial charge < -0.3 is 0 Å². The maximum Gasteiger partial charge on any atom is 0.0155 e. The molecule has 0 spiro atoms. The molecule has 1 nitrogen and oxygen atoms in total. The average molecular weight is 290 g/mol. The van der Waals surface area contributed by atoms with Crippen molar-refractivity contribution in [3.05, 3.63) is 0 Å². The summed E-state index contributed by atoms with van der Waals surface area (Å²) in [4.78, 5) is 2.99. The number of nitrogens with zero attached hydrogens (tertiary/aromatic N) is 1. The second-order valence-corrected chi connectivity index (χ2v) is 8.69. The van der Waals surface area contributed by atoms with E-state index in [9.17, 15) is 0 Å². The zero-order valence-electron chi connectivity index (χ0n) is 13.9. The topological polar surface area (TPSA) is 3.24 Å². The van der Waals surface area contributed by atoms with E-state index >= 15 is 0 Å². The van der Waals surface area contributed by atoms with Gasteiger partial charge in [0, 0.05) is 12.6 Å². The van der Waals surface area contributed by atoms with Crippen molar-refractivity contribution in [1.82, 2.24) is 4.90 Å². The molecule has 4 aliphatic rings. The maximum atomic E-state index is 2.99. The number of piperidine rings is 2. The largest absolute Gasteiger partial charge is 0.300 e. The lowest BCUT2D eigenvalue weighted by Gasteiger charge is -2.52. The van der Waals surface area contributed by atoms with Crippen molar-refractivity contribution in [3.63, 3.8) is 0 Å². The van der Waals surface area contributed by atoms with Crippen LogP contribution in [0.25, 0.3) is 0 Å². The van der Waals surface area contributed by atoms with Gasteiger partial charge in [0.15, 0.2) is 0 Å². The Labute approximate surface area is 131 Å². The number of hydrogen-bond acceptors (Lipinski definition) is 1. The molecule has 0 radical (unpaired) electrons. The molecule has 0 aromatic carbocycles. The van der Waals surface area contributed by atoms with Crippen molar-refractivity contribution in [2.24, 2.45) is 23.7 Å². The van der Waals surface area contributed by atoms with E-state index in [4.69, 9.17) is 0 Å². The fourth-order valence-electron chi connectivity index (χ4n) is 6.52. The summed E-state index contributed by atoms with van der Waals surface area (Å²) < 4.78 is 0. The third-order valence-electron chi connectivity index (χ3n) is 7.40. The van der Waals surface area contributed by atoms with E-state index in [0.717, 1.165) is 29.7 Å². The molecule has 2 heterocycles. The summed E-state index contributed by atoms with van der Waals surface area (Å²) in [6, 6.07) is 0.993. The zero-order valence-corrected chi connectivity index (χ0v) is 13.9. The third-order valence-corrected chi connectivity index (χ3v) is 7.40. The molecule has 21 heavy (non-hydrogen) atoms. The molecule has 6 atom stereocenters. The van der Waals surface area contributed by atoms with E-state index in [-0.39, 0.29) is 0 Å². The predicted molar refractivity (Wildman–Crippen MR) is 89.3 cm³/mol. The second-order valence-electron chi connectivity index (χ2n) is 8.69. The number of hydrogen-bond donors (Lipinski definition) is 0. The molecular formula is C20H35N. The molecule has 120 valence electrons. The quantitative estimate of drug-likeness (QED) is 0.589. The summed E-state index contributed by atoms with van der Waals surface area (Å²) in [6.07, 6.45) is 20.0. The Morgan fingerprint density at radius 2 is 1.33 bits per heavy atom. The highest BCUT2D eigenvalue weighted by Gasteiger charge is 2.45. The van der Waals surface area contributed by atoms with Crippen LogP contribution in [0.2, 0.25) is 0 Å². The van der Waals surface area contributed by atoms with Gasteiger partial charge in [-0.3, -0.25) is 4.90 Å². The highest BCUT2D eigenvalue weighted by Crippen LogP contribution is 2.47. The molecule has 2 saturated heterocycles. The van der Waals surface area contributed by atoms with Crippen molar-refractivity contribution >= 4 is 0 Å². The number of rotatable bonds is 0. The van der Waals surface area contributed by atoms with Crippen LogP contribution in [-0.4, -0.2) is 24.0 Å². The van der Waals surface area contributed by atoms with Crippen LogP contribution in [0.15, 0.2) is 0 Å². The van der Waals surface area contributed by atoms with Gasteiger partial charge in [-0.1, -0.05) is 51.4 Å². The molecule has 0 aromatic heterocycles. The Hall–Kier alpha value is -0.0400. The zero-order chi connectivity index (χ0) is 14.1. The summed E-state index contributed by atoms with van der Waals surface area (Å²) in [7, 11) is 0. The summed E-state index contributed by atoms with van der Waals surface area (Å²) in [5.41, 5.74) is 0. The molecule has 0 aromatic rings. The lowest BCUT2D eigenvalue weighted by Crippen LogP contribution is -2.55. The first-order chi connectivity index (χ1) is 10.4. The second kappa shape index (κ2) is 6.60. The minimum Gasteiger partial charge on any atom is -0.300 e. The first-order valence-electron chi connectivity index (χ1n) is 10.2. The standard InChI is InChI=1S/C20H35N/c1-2-4-9-17-11-6-12-18(10-5-3-1)20-19(17)14-16-8-7-13-21(20)15-16/h16-20H,1-15H2/t16?,17?,18-,19?,20?/m0/s1. The fourth-order valence-corrected chi connectivity index (χ4v) is 6.52. The molecule has 2 aliphatic carbocycles. The summed E-state index contributed by atoms with van der Waals surface area (Å²) in [6.45, 7) is 2.89. The monoisotopic (exact) mass is 289 g/mol. The van der Waals surface area contributed by atoms with Crippen LogP contribution in [0.4, 0.5) is 0 Å². The van der Waals surface area contributed by atoms with E-state index in [1.165, 1.54) is 58.0 Å². The highest BCUT2D eigenvalue weighted by atomic mass is 15.2. The molecule has 4 rings (SSSR count). The van der Waals surface area contributed by atoms with E-state index < -0.39 is 0 Å². The minimum absolute atomic E-state index is 0.993. The average Bonchev–Trinajstić information content (AvgIpc) is 2.66. The van der Waals surface area contributed by atoms with Crippen molar-refractivity contribution in [1.29, 1.82) is 0 Å². The summed E-state index contributed by atoms with van der Waals surface area (Å²) in [5, 5.41) is 0. The molecule has 1 heteroatoms. The van der Waals surface area contributed by atoms with Crippen LogP contribution >= 0.6 is 0 Å². The van der Waals surface area contributed by atoms with E-state index in [0.29, 0.717) is 0 Å². The van der Waals surface area contributed by atoms with E-state index in [1.807, 2.05) is 0 Å². The third kappa shape index (κ3) is 3.05. The van der Waals surface area contributed by atoms with Gasteiger partial charge in [-0.05, 0) is 62.3 Å². The van der Waals surface area contributed by atoms with Crippen LogP contribution in [0.5, 0.6) is 0 Å². The molecule has 2 saturated carbocycles. The van der Waals surface area contributed by atoms with Crippen LogP contribution in [0.3, 0.4) is 0 Å².